The van der Waals surface area contributed by atoms with Gasteiger partial charge < -0.3 is 25.1 Å². The fraction of sp³-hybridized carbons (Fsp3) is 0.381. The predicted octanol–water partition coefficient (Wildman–Crippen LogP) is 4.72. The van der Waals surface area contributed by atoms with Crippen LogP contribution >= 0.6 is 11.7 Å². The first-order valence-electron chi connectivity index (χ1n) is 9.83. The van der Waals surface area contributed by atoms with Gasteiger partial charge in [-0.25, -0.2) is 0 Å². The largest absolute Gasteiger partial charge is 0.505 e. The summed E-state index contributed by atoms with van der Waals surface area (Å²) in [5, 5.41) is 17.3. The minimum atomic E-state index is -0.248. The number of amides is 1. The van der Waals surface area contributed by atoms with Gasteiger partial charge in [-0.3, -0.25) is 4.79 Å². The van der Waals surface area contributed by atoms with Crippen molar-refractivity contribution in [3.05, 3.63) is 46.9 Å². The van der Waals surface area contributed by atoms with Crippen LogP contribution in [0, 0.1) is 6.92 Å². The summed E-state index contributed by atoms with van der Waals surface area (Å²) < 4.78 is 14.3. The first-order chi connectivity index (χ1) is 14.3. The van der Waals surface area contributed by atoms with Gasteiger partial charge in [0.2, 0.25) is 0 Å². The van der Waals surface area contributed by atoms with Crippen LogP contribution in [0.1, 0.15) is 53.6 Å². The molecule has 0 spiro atoms. The first kappa shape index (κ1) is 21.6. The fourth-order valence-electron chi connectivity index (χ4n) is 3.16. The maximum Gasteiger partial charge on any atom is 0.257 e. The van der Waals surface area contributed by atoms with Crippen molar-refractivity contribution in [2.24, 2.45) is 0 Å². The quantitative estimate of drug-likeness (QED) is 0.445. The number of hydrogen-bond donors (Lipinski definition) is 3. The molecule has 3 rings (SSSR count). The van der Waals surface area contributed by atoms with Crippen LogP contribution < -0.4 is 10.6 Å². The number of carbonyl (C=O) groups excluding carboxylic acids is 1. The Hall–Kier alpha value is -3.07. The van der Waals surface area contributed by atoms with Gasteiger partial charge in [0, 0.05) is 14.1 Å². The van der Waals surface area contributed by atoms with Crippen molar-refractivity contribution in [2.45, 2.75) is 39.7 Å². The van der Waals surface area contributed by atoms with Crippen molar-refractivity contribution in [3.8, 4) is 5.75 Å². The summed E-state index contributed by atoms with van der Waals surface area (Å²) in [6, 6.07) is 5.51. The number of phenolic OH excluding ortho intramolecular Hbond substituents is 1. The Bertz CT molecular complexity index is 1030. The van der Waals surface area contributed by atoms with Crippen molar-refractivity contribution in [3.63, 3.8) is 0 Å². The molecule has 160 valence electrons. The van der Waals surface area contributed by atoms with Crippen molar-refractivity contribution in [1.82, 2.24) is 13.6 Å². The minimum absolute atomic E-state index is 0.0647. The number of aromatic nitrogens is 2. The zero-order valence-corrected chi connectivity index (χ0v) is 18.6. The van der Waals surface area contributed by atoms with E-state index in [1.165, 1.54) is 4.90 Å². The average Bonchev–Trinajstić information content (AvgIpc) is 3.35. The number of benzene rings is 1. The minimum Gasteiger partial charge on any atom is -0.505 e. The Labute approximate surface area is 180 Å². The van der Waals surface area contributed by atoms with Gasteiger partial charge in [0.05, 0.1) is 35.3 Å². The van der Waals surface area contributed by atoms with Crippen LogP contribution in [-0.4, -0.2) is 38.8 Å². The van der Waals surface area contributed by atoms with E-state index in [0.717, 1.165) is 35.0 Å². The van der Waals surface area contributed by atoms with E-state index in [4.69, 9.17) is 4.42 Å². The number of aryl methyl sites for hydroxylation is 2. The van der Waals surface area contributed by atoms with E-state index in [1.807, 2.05) is 26.0 Å². The van der Waals surface area contributed by atoms with E-state index in [-0.39, 0.29) is 17.7 Å². The fourth-order valence-corrected chi connectivity index (χ4v) is 3.63. The van der Waals surface area contributed by atoms with E-state index in [2.05, 4.69) is 26.3 Å². The summed E-state index contributed by atoms with van der Waals surface area (Å²) in [7, 11) is 3.32. The molecule has 1 aromatic carbocycles. The lowest BCUT2D eigenvalue weighted by Gasteiger charge is -2.18. The Morgan fingerprint density at radius 2 is 2.00 bits per heavy atom. The van der Waals surface area contributed by atoms with Crippen LogP contribution in [-0.2, 0) is 6.42 Å². The lowest BCUT2D eigenvalue weighted by atomic mass is 10.0. The first-order valence-corrected chi connectivity index (χ1v) is 10.6. The molecule has 0 aliphatic rings. The summed E-state index contributed by atoms with van der Waals surface area (Å²) in [6.45, 7) is 5.98. The third-order valence-corrected chi connectivity index (χ3v) is 5.35. The van der Waals surface area contributed by atoms with E-state index >= 15 is 0 Å². The predicted molar refractivity (Wildman–Crippen MR) is 119 cm³/mol. The topological polar surface area (TPSA) is 104 Å². The second-order valence-corrected chi connectivity index (χ2v) is 7.80. The van der Waals surface area contributed by atoms with Gasteiger partial charge in [0.1, 0.15) is 5.76 Å². The molecule has 0 unspecified atom stereocenters. The number of furan rings is 1. The monoisotopic (exact) mass is 429 g/mol. The summed E-state index contributed by atoms with van der Waals surface area (Å²) in [6.07, 6.45) is 3.14. The second kappa shape index (κ2) is 9.17. The highest BCUT2D eigenvalue weighted by molar-refractivity contribution is 6.99. The molecule has 3 aromatic rings. The normalized spacial score (nSPS) is 11.9. The molecule has 1 atom stereocenters. The van der Waals surface area contributed by atoms with Crippen LogP contribution in [0.3, 0.4) is 0 Å². The third-order valence-electron chi connectivity index (χ3n) is 4.82. The highest BCUT2D eigenvalue weighted by atomic mass is 32.1. The SMILES string of the molecule is CCc1ccc(Nc2nsnc2N[C@H](CC)c2cc(C)co2)c(O)c1C(=O)N(C)C. The smallest absolute Gasteiger partial charge is 0.257 e. The zero-order chi connectivity index (χ0) is 21.8. The van der Waals surface area contributed by atoms with Crippen molar-refractivity contribution < 1.29 is 14.3 Å². The van der Waals surface area contributed by atoms with Crippen molar-refractivity contribution >= 4 is 35.0 Å². The molecular weight excluding hydrogens is 402 g/mol. The molecule has 8 nitrogen and oxygen atoms in total. The Morgan fingerprint density at radius 1 is 1.27 bits per heavy atom. The van der Waals surface area contributed by atoms with Gasteiger partial charge in [-0.15, -0.1) is 0 Å². The molecule has 0 radical (unpaired) electrons. The molecule has 9 heteroatoms. The van der Waals surface area contributed by atoms with Crippen LogP contribution in [0.2, 0.25) is 0 Å². The number of phenols is 1. The molecule has 0 fully saturated rings. The Kier molecular flexibility index (Phi) is 6.61. The number of nitrogens with zero attached hydrogens (tertiary/aromatic N) is 3. The second-order valence-electron chi connectivity index (χ2n) is 7.27. The van der Waals surface area contributed by atoms with Gasteiger partial charge in [0.15, 0.2) is 17.4 Å². The van der Waals surface area contributed by atoms with Crippen molar-refractivity contribution in [1.29, 1.82) is 0 Å². The van der Waals surface area contributed by atoms with E-state index < -0.39 is 0 Å². The van der Waals surface area contributed by atoms with Crippen LogP contribution in [0.4, 0.5) is 17.3 Å². The summed E-state index contributed by atoms with van der Waals surface area (Å²) in [4.78, 5) is 14.1. The molecule has 0 saturated carbocycles. The van der Waals surface area contributed by atoms with Crippen LogP contribution in [0.15, 0.2) is 28.9 Å². The molecule has 3 N–H and O–H groups in total. The summed E-state index contributed by atoms with van der Waals surface area (Å²) in [5.41, 5.74) is 2.53. The molecule has 0 aliphatic heterocycles. The standard InChI is InChI=1S/C21H27N5O3S/c1-6-13-8-9-15(18(27)17(13)21(28)26(4)5)23-20-19(24-30-25-20)22-14(7-2)16-10-12(3)11-29-16/h8-11,14,27H,6-7H2,1-5H3,(H,22,24)(H,23,25)/t14-/m1/s1. The average molecular weight is 430 g/mol. The Morgan fingerprint density at radius 3 is 2.60 bits per heavy atom. The number of aromatic hydroxyl groups is 1. The highest BCUT2D eigenvalue weighted by Crippen LogP contribution is 2.36. The summed E-state index contributed by atoms with van der Waals surface area (Å²) in [5.74, 6) is 1.51. The maximum atomic E-state index is 12.6. The third kappa shape index (κ3) is 4.40. The molecule has 0 saturated heterocycles. The van der Waals surface area contributed by atoms with Crippen LogP contribution in [0.25, 0.3) is 0 Å². The maximum absolute atomic E-state index is 12.6. The molecule has 2 aromatic heterocycles. The Balaban J connectivity index is 1.89. The molecule has 2 heterocycles. The van der Waals surface area contributed by atoms with Gasteiger partial charge in [-0.05, 0) is 43.0 Å². The lowest BCUT2D eigenvalue weighted by Crippen LogP contribution is -2.23. The molecule has 1 amide bonds. The number of hydrogen-bond acceptors (Lipinski definition) is 8. The molecular formula is C21H27N5O3S. The van der Waals surface area contributed by atoms with Gasteiger partial charge in [0.25, 0.3) is 5.91 Å². The molecule has 30 heavy (non-hydrogen) atoms. The van der Waals surface area contributed by atoms with Crippen LogP contribution in [0.5, 0.6) is 5.75 Å². The zero-order valence-electron chi connectivity index (χ0n) is 17.8. The summed E-state index contributed by atoms with van der Waals surface area (Å²) >= 11 is 1.05. The molecule has 0 bridgehead atoms. The van der Waals surface area contributed by atoms with Gasteiger partial charge in [-0.2, -0.15) is 8.75 Å². The number of rotatable bonds is 8. The van der Waals surface area contributed by atoms with Gasteiger partial charge >= 0.3 is 0 Å². The van der Waals surface area contributed by atoms with E-state index in [0.29, 0.717) is 29.3 Å². The van der Waals surface area contributed by atoms with Crippen molar-refractivity contribution in [2.75, 3.05) is 24.7 Å². The molecule has 0 aliphatic carbocycles. The number of anilines is 3. The lowest BCUT2D eigenvalue weighted by molar-refractivity contribution is 0.0823. The number of nitrogens with one attached hydrogen (secondary N) is 2. The van der Waals surface area contributed by atoms with E-state index in [9.17, 15) is 9.90 Å². The highest BCUT2D eigenvalue weighted by Gasteiger charge is 2.22. The van der Waals surface area contributed by atoms with Gasteiger partial charge in [-0.1, -0.05) is 19.9 Å². The number of carbonyl (C=O) groups is 1. The van der Waals surface area contributed by atoms with E-state index in [1.54, 1.807) is 26.4 Å².